The molecule has 0 aromatic heterocycles. The summed E-state index contributed by atoms with van der Waals surface area (Å²) in [6.07, 6.45) is 7.05. The zero-order chi connectivity index (χ0) is 16.4. The highest BCUT2D eigenvalue weighted by Gasteiger charge is 2.51. The van der Waals surface area contributed by atoms with Crippen LogP contribution in [0.2, 0.25) is 0 Å². The predicted molar refractivity (Wildman–Crippen MR) is 93.7 cm³/mol. The number of nitrogens with two attached hydrogens (primary N) is 1. The van der Waals surface area contributed by atoms with Gasteiger partial charge >= 0.3 is 7.12 Å². The second kappa shape index (κ2) is 6.15. The van der Waals surface area contributed by atoms with Crippen molar-refractivity contribution in [2.24, 2.45) is 5.73 Å². The zero-order valence-electron chi connectivity index (χ0n) is 13.8. The Morgan fingerprint density at radius 3 is 2.09 bits per heavy atom. The van der Waals surface area contributed by atoms with Crippen molar-refractivity contribution in [3.05, 3.63) is 60.8 Å². The molecule has 1 aliphatic heterocycles. The van der Waals surface area contributed by atoms with E-state index in [2.05, 4.69) is 34.3 Å². The van der Waals surface area contributed by atoms with Crippen LogP contribution in [0.1, 0.15) is 33.3 Å². The Balaban J connectivity index is 2.23. The summed E-state index contributed by atoms with van der Waals surface area (Å²) < 4.78 is 12.1. The van der Waals surface area contributed by atoms with E-state index in [1.54, 1.807) is 6.08 Å². The first kappa shape index (κ1) is 16.6. The Labute approximate surface area is 133 Å². The standard InChI is InChI=1S/C18H24BNO2/c1-6-7-14(12-13-20)15-8-10-16(11-9-15)19-21-17(2,3)18(4,5)22-19/h6-13H,1,20H2,2-5H3/b13-12-,14-7+. The molecule has 4 heteroatoms. The molecule has 0 spiro atoms. The van der Waals surface area contributed by atoms with Gasteiger partial charge in [0, 0.05) is 0 Å². The summed E-state index contributed by atoms with van der Waals surface area (Å²) in [6.45, 7) is 11.9. The highest BCUT2D eigenvalue weighted by Crippen LogP contribution is 2.36. The molecule has 1 aliphatic rings. The minimum atomic E-state index is -0.337. The number of hydrogen-bond donors (Lipinski definition) is 1. The van der Waals surface area contributed by atoms with Crippen LogP contribution in [-0.2, 0) is 9.31 Å². The highest BCUT2D eigenvalue weighted by molar-refractivity contribution is 6.62. The molecule has 0 aliphatic carbocycles. The van der Waals surface area contributed by atoms with Crippen molar-refractivity contribution in [1.29, 1.82) is 0 Å². The first-order valence-electron chi connectivity index (χ1n) is 7.48. The lowest BCUT2D eigenvalue weighted by Gasteiger charge is -2.32. The van der Waals surface area contributed by atoms with Crippen molar-refractivity contribution in [2.75, 3.05) is 0 Å². The smallest absolute Gasteiger partial charge is 0.405 e. The molecule has 3 nitrogen and oxygen atoms in total. The van der Waals surface area contributed by atoms with Crippen molar-refractivity contribution in [3.8, 4) is 0 Å². The number of rotatable bonds is 4. The molecular formula is C18H24BNO2. The molecule has 1 aromatic rings. The van der Waals surface area contributed by atoms with Gasteiger partial charge in [0.1, 0.15) is 0 Å². The van der Waals surface area contributed by atoms with E-state index >= 15 is 0 Å². The van der Waals surface area contributed by atoms with Crippen molar-refractivity contribution in [2.45, 2.75) is 38.9 Å². The van der Waals surface area contributed by atoms with Gasteiger partial charge in [-0.05, 0) is 56.6 Å². The van der Waals surface area contributed by atoms with Crippen LogP contribution in [0.4, 0.5) is 0 Å². The number of benzene rings is 1. The minimum absolute atomic E-state index is 0.327. The van der Waals surface area contributed by atoms with E-state index in [9.17, 15) is 0 Å². The van der Waals surface area contributed by atoms with Crippen LogP contribution in [0.3, 0.4) is 0 Å². The van der Waals surface area contributed by atoms with Crippen molar-refractivity contribution in [1.82, 2.24) is 0 Å². The maximum Gasteiger partial charge on any atom is 0.494 e. The van der Waals surface area contributed by atoms with E-state index in [1.807, 2.05) is 36.4 Å². The normalized spacial score (nSPS) is 20.5. The van der Waals surface area contributed by atoms with E-state index in [0.717, 1.165) is 16.6 Å². The van der Waals surface area contributed by atoms with Gasteiger partial charge in [-0.2, -0.15) is 0 Å². The lowest BCUT2D eigenvalue weighted by atomic mass is 9.78. The molecular weight excluding hydrogens is 273 g/mol. The third kappa shape index (κ3) is 3.18. The number of allylic oxidation sites excluding steroid dienone is 4. The van der Waals surface area contributed by atoms with Crippen LogP contribution >= 0.6 is 0 Å². The maximum atomic E-state index is 6.06. The lowest BCUT2D eigenvalue weighted by molar-refractivity contribution is 0.00578. The van der Waals surface area contributed by atoms with Gasteiger partial charge in [0.2, 0.25) is 0 Å². The van der Waals surface area contributed by atoms with Crippen LogP contribution in [0, 0.1) is 0 Å². The Bertz CT molecular complexity index is 584. The number of hydrogen-bond acceptors (Lipinski definition) is 3. The first-order valence-corrected chi connectivity index (χ1v) is 7.48. The van der Waals surface area contributed by atoms with Gasteiger partial charge in [-0.1, -0.05) is 43.0 Å². The molecule has 1 saturated heterocycles. The van der Waals surface area contributed by atoms with Gasteiger partial charge in [0.15, 0.2) is 0 Å². The SMILES string of the molecule is C=C/C=C(\C=C/N)c1ccc(B2OC(C)(C)C(C)(C)O2)cc1. The second-order valence-corrected chi connectivity index (χ2v) is 6.43. The van der Waals surface area contributed by atoms with Gasteiger partial charge in [-0.3, -0.25) is 0 Å². The van der Waals surface area contributed by atoms with Crippen molar-refractivity contribution in [3.63, 3.8) is 0 Å². The van der Waals surface area contributed by atoms with Crippen LogP contribution < -0.4 is 11.2 Å². The van der Waals surface area contributed by atoms with Gasteiger partial charge in [0.05, 0.1) is 11.2 Å². The Hall–Kier alpha value is -1.78. The molecule has 1 fully saturated rings. The third-order valence-electron chi connectivity index (χ3n) is 4.34. The van der Waals surface area contributed by atoms with E-state index < -0.39 is 0 Å². The first-order chi connectivity index (χ1) is 10.3. The predicted octanol–water partition coefficient (Wildman–Crippen LogP) is 3.03. The summed E-state index contributed by atoms with van der Waals surface area (Å²) in [5.74, 6) is 0. The van der Waals surface area contributed by atoms with Crippen molar-refractivity contribution >= 4 is 18.2 Å². The molecule has 0 atom stereocenters. The fourth-order valence-corrected chi connectivity index (χ4v) is 2.29. The van der Waals surface area contributed by atoms with Crippen LogP contribution in [0.15, 0.2) is 55.3 Å². The van der Waals surface area contributed by atoms with Gasteiger partial charge < -0.3 is 15.0 Å². The summed E-state index contributed by atoms with van der Waals surface area (Å²) in [5.41, 5.74) is 7.93. The Kier molecular flexibility index (Phi) is 4.64. The summed E-state index contributed by atoms with van der Waals surface area (Å²) in [4.78, 5) is 0. The van der Waals surface area contributed by atoms with Gasteiger partial charge in [-0.25, -0.2) is 0 Å². The molecule has 22 heavy (non-hydrogen) atoms. The van der Waals surface area contributed by atoms with Crippen molar-refractivity contribution < 1.29 is 9.31 Å². The van der Waals surface area contributed by atoms with Crippen LogP contribution in [-0.4, -0.2) is 18.3 Å². The van der Waals surface area contributed by atoms with E-state index in [-0.39, 0.29) is 18.3 Å². The molecule has 2 N–H and O–H groups in total. The van der Waals surface area contributed by atoms with E-state index in [0.29, 0.717) is 0 Å². The van der Waals surface area contributed by atoms with Gasteiger partial charge in [-0.15, -0.1) is 0 Å². The monoisotopic (exact) mass is 297 g/mol. The van der Waals surface area contributed by atoms with Crippen LogP contribution in [0.5, 0.6) is 0 Å². The maximum absolute atomic E-state index is 6.06. The molecule has 116 valence electrons. The lowest BCUT2D eigenvalue weighted by Crippen LogP contribution is -2.41. The fraction of sp³-hybridized carbons (Fsp3) is 0.333. The second-order valence-electron chi connectivity index (χ2n) is 6.43. The molecule has 1 heterocycles. The molecule has 0 radical (unpaired) electrons. The van der Waals surface area contributed by atoms with E-state index in [1.165, 1.54) is 6.20 Å². The molecule has 2 rings (SSSR count). The van der Waals surface area contributed by atoms with Crippen LogP contribution in [0.25, 0.3) is 5.57 Å². The Morgan fingerprint density at radius 1 is 1.09 bits per heavy atom. The zero-order valence-corrected chi connectivity index (χ0v) is 13.8. The highest BCUT2D eigenvalue weighted by atomic mass is 16.7. The fourth-order valence-electron chi connectivity index (χ4n) is 2.29. The van der Waals surface area contributed by atoms with Gasteiger partial charge in [0.25, 0.3) is 0 Å². The third-order valence-corrected chi connectivity index (χ3v) is 4.34. The quantitative estimate of drug-likeness (QED) is 0.686. The average Bonchev–Trinajstić information content (AvgIpc) is 2.67. The molecule has 0 unspecified atom stereocenters. The molecule has 0 amide bonds. The Morgan fingerprint density at radius 2 is 1.64 bits per heavy atom. The summed E-state index contributed by atoms with van der Waals surface area (Å²) in [7, 11) is -0.337. The van der Waals surface area contributed by atoms with E-state index in [4.69, 9.17) is 15.0 Å². The molecule has 0 bridgehead atoms. The average molecular weight is 297 g/mol. The minimum Gasteiger partial charge on any atom is -0.405 e. The molecule has 0 saturated carbocycles. The summed E-state index contributed by atoms with van der Waals surface area (Å²) in [5, 5.41) is 0. The topological polar surface area (TPSA) is 44.5 Å². The largest absolute Gasteiger partial charge is 0.494 e. The summed E-state index contributed by atoms with van der Waals surface area (Å²) >= 11 is 0. The summed E-state index contributed by atoms with van der Waals surface area (Å²) in [6, 6.07) is 8.13. The molecule has 1 aromatic carbocycles.